The summed E-state index contributed by atoms with van der Waals surface area (Å²) in [6.07, 6.45) is 4.44. The number of likely N-dealkylation sites (tertiary alicyclic amines) is 1. The Hall–Kier alpha value is -0.610. The molecule has 4 heteroatoms. The number of hydrogen-bond acceptors (Lipinski definition) is 3. The Morgan fingerprint density at radius 3 is 2.93 bits per heavy atom. The van der Waals surface area contributed by atoms with Crippen LogP contribution >= 0.6 is 0 Å². The van der Waals surface area contributed by atoms with Crippen LogP contribution in [0.4, 0.5) is 0 Å². The van der Waals surface area contributed by atoms with Crippen LogP contribution in [0.15, 0.2) is 0 Å². The zero-order valence-electron chi connectivity index (χ0n) is 9.46. The third kappa shape index (κ3) is 2.92. The predicted molar refractivity (Wildman–Crippen MR) is 59.7 cm³/mol. The summed E-state index contributed by atoms with van der Waals surface area (Å²) in [6, 6.07) is 0.427. The van der Waals surface area contributed by atoms with Gasteiger partial charge in [0, 0.05) is 12.6 Å². The molecule has 0 aromatic rings. The lowest BCUT2D eigenvalue weighted by Gasteiger charge is -2.30. The maximum Gasteiger partial charge on any atom is 0.237 e. The number of hydrogen-bond donors (Lipinski definition) is 2. The Morgan fingerprint density at radius 2 is 2.27 bits per heavy atom. The zero-order valence-corrected chi connectivity index (χ0v) is 9.46. The van der Waals surface area contributed by atoms with Crippen molar-refractivity contribution < 1.29 is 4.79 Å². The van der Waals surface area contributed by atoms with Gasteiger partial charge in [0.1, 0.15) is 0 Å². The van der Waals surface area contributed by atoms with Crippen LogP contribution in [0.5, 0.6) is 0 Å². The maximum absolute atomic E-state index is 11.8. The predicted octanol–water partition coefficient (Wildman–Crippen LogP) is -0.0512. The van der Waals surface area contributed by atoms with E-state index in [-0.39, 0.29) is 11.9 Å². The lowest BCUT2D eigenvalue weighted by Crippen LogP contribution is -2.50. The third-order valence-electron chi connectivity index (χ3n) is 3.35. The molecule has 0 aromatic heterocycles. The van der Waals surface area contributed by atoms with Crippen LogP contribution in [0.1, 0.15) is 25.7 Å². The largest absolute Gasteiger partial charge is 0.351 e. The summed E-state index contributed by atoms with van der Waals surface area (Å²) >= 11 is 0. The Bertz CT molecular complexity index is 226. The monoisotopic (exact) mass is 211 g/mol. The van der Waals surface area contributed by atoms with Crippen molar-refractivity contribution in [2.45, 2.75) is 37.8 Å². The second-order valence-corrected chi connectivity index (χ2v) is 4.76. The number of carbonyl (C=O) groups is 1. The van der Waals surface area contributed by atoms with Crippen LogP contribution in [0, 0.1) is 0 Å². The molecule has 0 aromatic carbocycles. The van der Waals surface area contributed by atoms with Gasteiger partial charge in [0.05, 0.1) is 6.04 Å². The van der Waals surface area contributed by atoms with E-state index in [2.05, 4.69) is 22.6 Å². The highest BCUT2D eigenvalue weighted by Crippen LogP contribution is 2.10. The van der Waals surface area contributed by atoms with Gasteiger partial charge in [0.25, 0.3) is 0 Å². The summed E-state index contributed by atoms with van der Waals surface area (Å²) in [7, 11) is 2.12. The SMILES string of the molecule is CN1CCCC(NC(=O)[C@@H]2CCCN2)C1. The van der Waals surface area contributed by atoms with Crippen LogP contribution < -0.4 is 10.6 Å². The molecule has 2 saturated heterocycles. The van der Waals surface area contributed by atoms with Crippen LogP contribution in [0.2, 0.25) is 0 Å². The van der Waals surface area contributed by atoms with Gasteiger partial charge in [-0.15, -0.1) is 0 Å². The number of piperidine rings is 1. The first-order valence-electron chi connectivity index (χ1n) is 5.98. The molecule has 1 unspecified atom stereocenters. The molecule has 0 radical (unpaired) electrons. The molecule has 2 heterocycles. The van der Waals surface area contributed by atoms with Gasteiger partial charge in [-0.1, -0.05) is 0 Å². The number of nitrogens with one attached hydrogen (secondary N) is 2. The van der Waals surface area contributed by atoms with Crippen molar-refractivity contribution in [3.05, 3.63) is 0 Å². The second-order valence-electron chi connectivity index (χ2n) is 4.76. The molecule has 86 valence electrons. The van der Waals surface area contributed by atoms with E-state index in [0.717, 1.165) is 38.9 Å². The van der Waals surface area contributed by atoms with E-state index < -0.39 is 0 Å². The summed E-state index contributed by atoms with van der Waals surface area (Å²) in [5.74, 6) is 0.202. The van der Waals surface area contributed by atoms with E-state index in [9.17, 15) is 4.79 Å². The highest BCUT2D eigenvalue weighted by atomic mass is 16.2. The third-order valence-corrected chi connectivity index (χ3v) is 3.35. The quantitative estimate of drug-likeness (QED) is 0.673. The van der Waals surface area contributed by atoms with Crippen molar-refractivity contribution >= 4 is 5.91 Å². The van der Waals surface area contributed by atoms with Gasteiger partial charge in [-0.3, -0.25) is 4.79 Å². The molecule has 1 amide bonds. The van der Waals surface area contributed by atoms with Gasteiger partial charge >= 0.3 is 0 Å². The first-order valence-corrected chi connectivity index (χ1v) is 5.98. The summed E-state index contributed by atoms with van der Waals surface area (Å²) in [5.41, 5.74) is 0. The van der Waals surface area contributed by atoms with E-state index in [0.29, 0.717) is 6.04 Å². The van der Waals surface area contributed by atoms with Crippen molar-refractivity contribution in [1.29, 1.82) is 0 Å². The van der Waals surface area contributed by atoms with Gasteiger partial charge in [-0.05, 0) is 45.8 Å². The van der Waals surface area contributed by atoms with E-state index in [1.54, 1.807) is 0 Å². The highest BCUT2D eigenvalue weighted by Gasteiger charge is 2.25. The van der Waals surface area contributed by atoms with Crippen molar-refractivity contribution in [2.24, 2.45) is 0 Å². The molecule has 4 nitrogen and oxygen atoms in total. The number of amides is 1. The number of carbonyl (C=O) groups excluding carboxylic acids is 1. The molecule has 2 N–H and O–H groups in total. The molecule has 0 spiro atoms. The van der Waals surface area contributed by atoms with Gasteiger partial charge in [-0.2, -0.15) is 0 Å². The zero-order chi connectivity index (χ0) is 10.7. The van der Waals surface area contributed by atoms with Crippen molar-refractivity contribution in [2.75, 3.05) is 26.7 Å². The molecule has 0 bridgehead atoms. The minimum atomic E-state index is 0.0669. The van der Waals surface area contributed by atoms with E-state index >= 15 is 0 Å². The molecular weight excluding hydrogens is 190 g/mol. The maximum atomic E-state index is 11.8. The molecule has 0 aliphatic carbocycles. The fourth-order valence-electron chi connectivity index (χ4n) is 2.49. The Labute approximate surface area is 91.4 Å². The lowest BCUT2D eigenvalue weighted by molar-refractivity contribution is -0.123. The Balaban J connectivity index is 1.77. The Morgan fingerprint density at radius 1 is 1.40 bits per heavy atom. The average Bonchev–Trinajstić information content (AvgIpc) is 2.70. The number of rotatable bonds is 2. The smallest absolute Gasteiger partial charge is 0.237 e. The molecular formula is C11H21N3O. The molecule has 2 aliphatic heterocycles. The standard InChI is InChI=1S/C11H21N3O/c1-14-7-3-4-9(8-14)13-11(15)10-5-2-6-12-10/h9-10,12H,2-8H2,1H3,(H,13,15)/t9?,10-/m0/s1. The minimum Gasteiger partial charge on any atom is -0.351 e. The van der Waals surface area contributed by atoms with Gasteiger partial charge < -0.3 is 15.5 Å². The summed E-state index contributed by atoms with van der Waals surface area (Å²) in [5, 5.41) is 6.38. The number of nitrogens with zero attached hydrogens (tertiary/aromatic N) is 1. The highest BCUT2D eigenvalue weighted by molar-refractivity contribution is 5.82. The van der Waals surface area contributed by atoms with Crippen molar-refractivity contribution in [3.63, 3.8) is 0 Å². The Kier molecular flexibility index (Phi) is 3.59. The fourth-order valence-corrected chi connectivity index (χ4v) is 2.49. The summed E-state index contributed by atoms with van der Waals surface area (Å²) in [6.45, 7) is 3.15. The molecule has 15 heavy (non-hydrogen) atoms. The van der Waals surface area contributed by atoms with Crippen LogP contribution in [0.3, 0.4) is 0 Å². The molecule has 0 saturated carbocycles. The van der Waals surface area contributed by atoms with E-state index in [1.807, 2.05) is 0 Å². The minimum absolute atomic E-state index is 0.0669. The van der Waals surface area contributed by atoms with Crippen LogP contribution in [-0.2, 0) is 4.79 Å². The van der Waals surface area contributed by atoms with Crippen LogP contribution in [-0.4, -0.2) is 49.6 Å². The first kappa shape index (κ1) is 10.9. The van der Waals surface area contributed by atoms with Gasteiger partial charge in [0.15, 0.2) is 0 Å². The summed E-state index contributed by atoms with van der Waals surface area (Å²) in [4.78, 5) is 14.1. The van der Waals surface area contributed by atoms with Crippen molar-refractivity contribution in [3.8, 4) is 0 Å². The van der Waals surface area contributed by atoms with Gasteiger partial charge in [0.2, 0.25) is 5.91 Å². The number of likely N-dealkylation sites (N-methyl/N-ethyl adjacent to an activating group) is 1. The normalized spacial score (nSPS) is 32.9. The molecule has 2 aliphatic rings. The van der Waals surface area contributed by atoms with E-state index in [1.165, 1.54) is 6.42 Å². The molecule has 2 atom stereocenters. The van der Waals surface area contributed by atoms with Crippen LogP contribution in [0.25, 0.3) is 0 Å². The fraction of sp³-hybridized carbons (Fsp3) is 0.909. The van der Waals surface area contributed by atoms with E-state index in [4.69, 9.17) is 0 Å². The van der Waals surface area contributed by atoms with Gasteiger partial charge in [-0.25, -0.2) is 0 Å². The summed E-state index contributed by atoms with van der Waals surface area (Å²) < 4.78 is 0. The lowest BCUT2D eigenvalue weighted by atomic mass is 10.1. The topological polar surface area (TPSA) is 44.4 Å². The first-order chi connectivity index (χ1) is 7.25. The molecule has 2 fully saturated rings. The van der Waals surface area contributed by atoms with Crippen molar-refractivity contribution in [1.82, 2.24) is 15.5 Å². The second kappa shape index (κ2) is 4.94. The average molecular weight is 211 g/mol. The molecule has 2 rings (SSSR count).